The van der Waals surface area contributed by atoms with E-state index in [1.807, 2.05) is 13.8 Å². The maximum Gasteiger partial charge on any atom is 0.417 e. The van der Waals surface area contributed by atoms with Gasteiger partial charge >= 0.3 is 6.18 Å². The molecule has 0 bridgehead atoms. The van der Waals surface area contributed by atoms with E-state index in [0.29, 0.717) is 19.4 Å². The van der Waals surface area contributed by atoms with E-state index in [-0.39, 0.29) is 52.1 Å². The molecule has 230 valence electrons. The summed E-state index contributed by atoms with van der Waals surface area (Å²) >= 11 is 0. The SMILES string of the molecule is CCCCNC(=O)C(c1cc(-c2ccc(OCCC)cc2C(F)(F)F)no1)n1cc2nc(-c3cccc(F)c3F)nc-2cn1. The molecular formula is C30H27F5N6O3. The molecule has 0 spiro atoms. The number of rotatable bonds is 11. The average molecular weight is 615 g/mol. The Morgan fingerprint density at radius 3 is 2.57 bits per heavy atom. The Labute approximate surface area is 248 Å². The molecule has 2 aliphatic heterocycles. The second-order valence-corrected chi connectivity index (χ2v) is 9.89. The third-order valence-electron chi connectivity index (χ3n) is 6.66. The molecule has 3 aromatic rings. The van der Waals surface area contributed by atoms with Gasteiger partial charge in [0, 0.05) is 18.2 Å². The van der Waals surface area contributed by atoms with Crippen LogP contribution in [-0.4, -0.2) is 44.0 Å². The first kappa shape index (κ1) is 30.6. The van der Waals surface area contributed by atoms with Crippen molar-refractivity contribution < 1.29 is 36.0 Å². The highest BCUT2D eigenvalue weighted by atomic mass is 19.4. The van der Waals surface area contributed by atoms with Gasteiger partial charge in [-0.25, -0.2) is 18.7 Å². The lowest BCUT2D eigenvalue weighted by Gasteiger charge is -2.17. The molecule has 3 heterocycles. The van der Waals surface area contributed by atoms with E-state index in [9.17, 15) is 26.7 Å². The lowest BCUT2D eigenvalue weighted by molar-refractivity contribution is -0.137. The van der Waals surface area contributed by atoms with E-state index in [0.717, 1.165) is 18.6 Å². The van der Waals surface area contributed by atoms with Crippen molar-refractivity contribution in [2.45, 2.75) is 45.3 Å². The minimum atomic E-state index is -4.73. The standard InChI is InChI=1S/C30H27F5N6O3/c1-3-5-11-36-29(42)27(41-16-24-23(15-37-41)38-28(39-24)19-7-6-8-21(31)26(19)32)25-14-22(40-44-25)18-10-9-17(43-12-4-2)13-20(18)30(33,34)35/h6-10,13-16,27H,3-5,11-12H2,1-2H3,(H,36,42). The van der Waals surface area contributed by atoms with E-state index >= 15 is 0 Å². The fraction of sp³-hybridized carbons (Fsp3) is 0.300. The van der Waals surface area contributed by atoms with E-state index in [1.165, 1.54) is 47.4 Å². The predicted molar refractivity (Wildman–Crippen MR) is 149 cm³/mol. The summed E-state index contributed by atoms with van der Waals surface area (Å²) in [6.45, 7) is 4.36. The normalized spacial score (nSPS) is 12.4. The maximum absolute atomic E-state index is 14.4. The lowest BCUT2D eigenvalue weighted by atomic mass is 10.0. The fourth-order valence-corrected chi connectivity index (χ4v) is 4.48. The predicted octanol–water partition coefficient (Wildman–Crippen LogP) is 6.69. The zero-order valence-electron chi connectivity index (χ0n) is 23.7. The zero-order chi connectivity index (χ0) is 31.4. The maximum atomic E-state index is 14.4. The van der Waals surface area contributed by atoms with Crippen LogP contribution in [0.25, 0.3) is 34.0 Å². The number of nitrogens with zero attached hydrogens (tertiary/aromatic N) is 5. The van der Waals surface area contributed by atoms with Crippen molar-refractivity contribution in [2.24, 2.45) is 0 Å². The van der Waals surface area contributed by atoms with Crippen LogP contribution in [0.1, 0.15) is 50.5 Å². The molecule has 0 saturated heterocycles. The number of unbranched alkanes of at least 4 members (excludes halogenated alkanes) is 1. The van der Waals surface area contributed by atoms with E-state index in [2.05, 4.69) is 25.5 Å². The monoisotopic (exact) mass is 614 g/mol. The summed E-state index contributed by atoms with van der Waals surface area (Å²) in [5.74, 6) is -2.87. The van der Waals surface area contributed by atoms with E-state index in [1.54, 1.807) is 0 Å². The first-order valence-corrected chi connectivity index (χ1v) is 13.9. The molecule has 2 aromatic carbocycles. The van der Waals surface area contributed by atoms with Crippen LogP contribution >= 0.6 is 0 Å². The third kappa shape index (κ3) is 6.38. The zero-order valence-corrected chi connectivity index (χ0v) is 23.7. The summed E-state index contributed by atoms with van der Waals surface area (Å²) in [6, 6.07) is 7.08. The van der Waals surface area contributed by atoms with Gasteiger partial charge in [0.05, 0.1) is 30.1 Å². The first-order valence-electron chi connectivity index (χ1n) is 13.9. The number of ether oxygens (including phenoxy) is 1. The lowest BCUT2D eigenvalue weighted by Crippen LogP contribution is -2.34. The molecular weight excluding hydrogens is 587 g/mol. The highest BCUT2D eigenvalue weighted by Gasteiger charge is 2.36. The van der Waals surface area contributed by atoms with Crippen LogP contribution in [0.3, 0.4) is 0 Å². The second-order valence-electron chi connectivity index (χ2n) is 9.89. The van der Waals surface area contributed by atoms with Gasteiger partial charge in [-0.2, -0.15) is 18.3 Å². The van der Waals surface area contributed by atoms with Gasteiger partial charge in [0.2, 0.25) is 0 Å². The van der Waals surface area contributed by atoms with Crippen LogP contribution in [-0.2, 0) is 11.0 Å². The number of carbonyl (C=O) groups is 1. The van der Waals surface area contributed by atoms with Gasteiger partial charge in [-0.15, -0.1) is 0 Å². The molecule has 2 aliphatic rings. The molecule has 0 fully saturated rings. The number of fused-ring (bicyclic) bond motifs is 1. The smallest absolute Gasteiger partial charge is 0.417 e. The number of amides is 1. The summed E-state index contributed by atoms with van der Waals surface area (Å²) < 4.78 is 82.3. The summed E-state index contributed by atoms with van der Waals surface area (Å²) in [5.41, 5.74) is -1.12. The molecule has 0 radical (unpaired) electrons. The molecule has 0 aliphatic carbocycles. The van der Waals surface area contributed by atoms with Gasteiger partial charge in [0.25, 0.3) is 5.91 Å². The van der Waals surface area contributed by atoms with Gasteiger partial charge in [-0.1, -0.05) is 31.5 Å². The topological polar surface area (TPSA) is 108 Å². The van der Waals surface area contributed by atoms with E-state index < -0.39 is 35.3 Å². The van der Waals surface area contributed by atoms with Gasteiger partial charge in [0.1, 0.15) is 22.8 Å². The quantitative estimate of drug-likeness (QED) is 0.130. The molecule has 1 aromatic heterocycles. The number of nitrogens with one attached hydrogen (secondary N) is 1. The Bertz CT molecular complexity index is 1730. The van der Waals surface area contributed by atoms with Crippen LogP contribution in [0.5, 0.6) is 5.75 Å². The van der Waals surface area contributed by atoms with Crippen molar-refractivity contribution in [1.82, 2.24) is 30.2 Å². The van der Waals surface area contributed by atoms with Crippen molar-refractivity contribution >= 4 is 5.91 Å². The molecule has 5 rings (SSSR count). The first-order chi connectivity index (χ1) is 21.1. The van der Waals surface area contributed by atoms with E-state index in [4.69, 9.17) is 9.26 Å². The fourth-order valence-electron chi connectivity index (χ4n) is 4.48. The Morgan fingerprint density at radius 1 is 1.02 bits per heavy atom. The Morgan fingerprint density at radius 2 is 1.82 bits per heavy atom. The Kier molecular flexibility index (Phi) is 8.88. The van der Waals surface area contributed by atoms with Gasteiger partial charge in [0.15, 0.2) is 29.3 Å². The van der Waals surface area contributed by atoms with Gasteiger partial charge < -0.3 is 14.6 Å². The number of halogens is 5. The van der Waals surface area contributed by atoms with Crippen LogP contribution in [0.2, 0.25) is 0 Å². The minimum absolute atomic E-state index is 0.0566. The minimum Gasteiger partial charge on any atom is -0.494 e. The number of hydrogen-bond donors (Lipinski definition) is 1. The van der Waals surface area contributed by atoms with Crippen LogP contribution in [0, 0.1) is 11.6 Å². The summed E-state index contributed by atoms with van der Waals surface area (Å²) in [4.78, 5) is 21.9. The second kappa shape index (κ2) is 12.8. The van der Waals surface area contributed by atoms with Crippen molar-refractivity contribution in [3.8, 4) is 39.8 Å². The van der Waals surface area contributed by atoms with Crippen molar-refractivity contribution in [3.05, 3.63) is 77.8 Å². The molecule has 9 nitrogen and oxygen atoms in total. The molecule has 1 amide bonds. The van der Waals surface area contributed by atoms with Gasteiger partial charge in [-0.05, 0) is 43.2 Å². The molecule has 0 saturated carbocycles. The number of benzene rings is 2. The Hall–Kier alpha value is -4.88. The molecule has 44 heavy (non-hydrogen) atoms. The van der Waals surface area contributed by atoms with Crippen LogP contribution in [0.4, 0.5) is 22.0 Å². The number of carbonyl (C=O) groups excluding carboxylic acids is 1. The summed E-state index contributed by atoms with van der Waals surface area (Å²) in [5, 5.41) is 10.9. The summed E-state index contributed by atoms with van der Waals surface area (Å²) in [7, 11) is 0. The number of hydrogen-bond acceptors (Lipinski definition) is 7. The van der Waals surface area contributed by atoms with Gasteiger partial charge in [-0.3, -0.25) is 9.48 Å². The van der Waals surface area contributed by atoms with Crippen molar-refractivity contribution in [1.29, 1.82) is 0 Å². The highest BCUT2D eigenvalue weighted by molar-refractivity contribution is 5.83. The average Bonchev–Trinajstić information content (AvgIpc) is 3.65. The van der Waals surface area contributed by atoms with Crippen molar-refractivity contribution in [3.63, 3.8) is 0 Å². The largest absolute Gasteiger partial charge is 0.494 e. The molecule has 14 heteroatoms. The highest BCUT2D eigenvalue weighted by Crippen LogP contribution is 2.40. The summed E-state index contributed by atoms with van der Waals surface area (Å²) in [6.07, 6.45) is 0.00653. The van der Waals surface area contributed by atoms with Crippen molar-refractivity contribution in [2.75, 3.05) is 13.2 Å². The Balaban J connectivity index is 1.55. The van der Waals surface area contributed by atoms with Crippen LogP contribution < -0.4 is 10.1 Å². The molecule has 1 atom stereocenters. The van der Waals surface area contributed by atoms with Crippen LogP contribution in [0.15, 0.2) is 59.4 Å². The molecule has 1 unspecified atom stereocenters. The number of alkyl halides is 3. The molecule has 1 N–H and O–H groups in total. The third-order valence-corrected chi connectivity index (χ3v) is 6.66. The number of imidazole rings is 1. The number of aromatic nitrogens is 5.